The van der Waals surface area contributed by atoms with Crippen molar-refractivity contribution in [1.29, 1.82) is 0 Å². The van der Waals surface area contributed by atoms with E-state index in [1.54, 1.807) is 18.2 Å². The molecule has 0 heterocycles. The molecule has 2 rings (SSSR count). The Balaban J connectivity index is 1.81. The summed E-state index contributed by atoms with van der Waals surface area (Å²) >= 11 is 0. The monoisotopic (exact) mass is 247 g/mol. The third kappa shape index (κ3) is 3.49. The number of amides is 1. The average Bonchev–Trinajstić information content (AvgIpc) is 2.37. The fourth-order valence-corrected chi connectivity index (χ4v) is 2.52. The maximum atomic E-state index is 12.0. The first-order valence-electron chi connectivity index (χ1n) is 6.71. The van der Waals surface area contributed by atoms with E-state index in [1.807, 2.05) is 6.07 Å². The van der Waals surface area contributed by atoms with E-state index in [-0.39, 0.29) is 17.6 Å². The summed E-state index contributed by atoms with van der Waals surface area (Å²) < 4.78 is 0. The molecule has 18 heavy (non-hydrogen) atoms. The lowest BCUT2D eigenvalue weighted by Crippen LogP contribution is -2.32. The highest BCUT2D eigenvalue weighted by atomic mass is 16.3. The minimum absolute atomic E-state index is 0.158. The van der Waals surface area contributed by atoms with E-state index in [9.17, 15) is 9.90 Å². The summed E-state index contributed by atoms with van der Waals surface area (Å²) in [4.78, 5) is 12.0. The van der Waals surface area contributed by atoms with Crippen molar-refractivity contribution in [2.45, 2.75) is 39.2 Å². The number of carbonyl (C=O) groups excluding carboxylic acids is 1. The summed E-state index contributed by atoms with van der Waals surface area (Å²) in [5.41, 5.74) is 0.938. The quantitative estimate of drug-likeness (QED) is 0.863. The second-order valence-electron chi connectivity index (χ2n) is 5.34. The Kier molecular flexibility index (Phi) is 4.24. The van der Waals surface area contributed by atoms with Gasteiger partial charge in [0.15, 0.2) is 0 Å². The fraction of sp³-hybridized carbons (Fsp3) is 0.533. The third-order valence-electron chi connectivity index (χ3n) is 3.76. The smallest absolute Gasteiger partial charge is 0.223 e. The van der Waals surface area contributed by atoms with Crippen LogP contribution < -0.4 is 5.32 Å². The second kappa shape index (κ2) is 5.89. The largest absolute Gasteiger partial charge is 0.508 e. The molecule has 1 amide bonds. The zero-order valence-corrected chi connectivity index (χ0v) is 10.9. The van der Waals surface area contributed by atoms with Crippen LogP contribution in [0, 0.1) is 11.8 Å². The summed E-state index contributed by atoms with van der Waals surface area (Å²) in [5, 5.41) is 12.3. The molecule has 1 saturated carbocycles. The minimum Gasteiger partial charge on any atom is -0.508 e. The number of nitrogens with one attached hydrogen (secondary N) is 1. The van der Waals surface area contributed by atoms with Gasteiger partial charge in [0.25, 0.3) is 0 Å². The molecule has 0 atom stereocenters. The molecular weight excluding hydrogens is 226 g/mol. The summed E-state index contributed by atoms with van der Waals surface area (Å²) in [6.07, 6.45) is 4.33. The van der Waals surface area contributed by atoms with Crippen LogP contribution in [-0.2, 0) is 11.3 Å². The molecular formula is C15H21NO2. The van der Waals surface area contributed by atoms with E-state index in [2.05, 4.69) is 12.2 Å². The molecule has 3 nitrogen and oxygen atoms in total. The van der Waals surface area contributed by atoms with Crippen LogP contribution in [0.25, 0.3) is 0 Å². The molecule has 0 aliphatic heterocycles. The molecule has 0 unspecified atom stereocenters. The predicted molar refractivity (Wildman–Crippen MR) is 71.1 cm³/mol. The number of phenolic OH excluding ortho intramolecular Hbond substituents is 1. The molecule has 1 aliphatic carbocycles. The van der Waals surface area contributed by atoms with Crippen molar-refractivity contribution in [1.82, 2.24) is 5.32 Å². The van der Waals surface area contributed by atoms with Crippen LogP contribution in [-0.4, -0.2) is 11.0 Å². The van der Waals surface area contributed by atoms with E-state index in [0.717, 1.165) is 37.2 Å². The zero-order valence-electron chi connectivity index (χ0n) is 10.9. The van der Waals surface area contributed by atoms with E-state index >= 15 is 0 Å². The first-order valence-corrected chi connectivity index (χ1v) is 6.71. The normalized spacial score (nSPS) is 23.6. The third-order valence-corrected chi connectivity index (χ3v) is 3.76. The van der Waals surface area contributed by atoms with E-state index in [1.165, 1.54) is 0 Å². The van der Waals surface area contributed by atoms with Crippen molar-refractivity contribution in [3.8, 4) is 5.75 Å². The Morgan fingerprint density at radius 2 is 2.06 bits per heavy atom. The molecule has 98 valence electrons. The lowest BCUT2D eigenvalue weighted by molar-refractivity contribution is -0.126. The van der Waals surface area contributed by atoms with Gasteiger partial charge >= 0.3 is 0 Å². The van der Waals surface area contributed by atoms with Crippen LogP contribution >= 0.6 is 0 Å². The van der Waals surface area contributed by atoms with Crippen molar-refractivity contribution < 1.29 is 9.90 Å². The van der Waals surface area contributed by atoms with Gasteiger partial charge in [0.1, 0.15) is 5.75 Å². The Morgan fingerprint density at radius 3 is 2.72 bits per heavy atom. The Bertz CT molecular complexity index is 409. The standard InChI is InChI=1S/C15H21NO2/c1-11-5-7-13(8-6-11)15(18)16-10-12-3-2-4-14(17)9-12/h2-4,9,11,13,17H,5-8,10H2,1H3,(H,16,18). The van der Waals surface area contributed by atoms with Gasteiger partial charge in [-0.15, -0.1) is 0 Å². The highest BCUT2D eigenvalue weighted by Gasteiger charge is 2.23. The molecule has 1 aromatic rings. The fourth-order valence-electron chi connectivity index (χ4n) is 2.52. The Morgan fingerprint density at radius 1 is 1.33 bits per heavy atom. The van der Waals surface area contributed by atoms with E-state index in [4.69, 9.17) is 0 Å². The van der Waals surface area contributed by atoms with Gasteiger partial charge in [0.05, 0.1) is 0 Å². The number of benzene rings is 1. The van der Waals surface area contributed by atoms with Crippen molar-refractivity contribution >= 4 is 5.91 Å². The maximum absolute atomic E-state index is 12.0. The lowest BCUT2D eigenvalue weighted by Gasteiger charge is -2.25. The number of hydrogen-bond donors (Lipinski definition) is 2. The van der Waals surface area contributed by atoms with Crippen molar-refractivity contribution in [2.24, 2.45) is 11.8 Å². The molecule has 0 radical (unpaired) electrons. The SMILES string of the molecule is CC1CCC(C(=O)NCc2cccc(O)c2)CC1. The molecule has 0 saturated heterocycles. The molecule has 0 spiro atoms. The molecule has 3 heteroatoms. The highest BCUT2D eigenvalue weighted by Crippen LogP contribution is 2.28. The molecule has 1 aliphatic rings. The van der Waals surface area contributed by atoms with Crippen LogP contribution in [0.2, 0.25) is 0 Å². The van der Waals surface area contributed by atoms with Crippen LogP contribution in [0.1, 0.15) is 38.2 Å². The van der Waals surface area contributed by atoms with Crippen molar-refractivity contribution in [3.05, 3.63) is 29.8 Å². The van der Waals surface area contributed by atoms with Crippen LogP contribution in [0.5, 0.6) is 5.75 Å². The molecule has 0 aromatic heterocycles. The van der Waals surface area contributed by atoms with E-state index in [0.29, 0.717) is 6.54 Å². The Hall–Kier alpha value is -1.51. The number of carbonyl (C=O) groups is 1. The average molecular weight is 247 g/mol. The van der Waals surface area contributed by atoms with Crippen LogP contribution in [0.15, 0.2) is 24.3 Å². The Labute approximate surface area is 108 Å². The summed E-state index contributed by atoms with van der Waals surface area (Å²) in [5.74, 6) is 1.34. The summed E-state index contributed by atoms with van der Waals surface area (Å²) in [6.45, 7) is 2.75. The highest BCUT2D eigenvalue weighted by molar-refractivity contribution is 5.78. The molecule has 2 N–H and O–H groups in total. The summed E-state index contributed by atoms with van der Waals surface area (Å²) in [6, 6.07) is 7.01. The van der Waals surface area contributed by atoms with Crippen LogP contribution in [0.4, 0.5) is 0 Å². The minimum atomic E-state index is 0.158. The summed E-state index contributed by atoms with van der Waals surface area (Å²) in [7, 11) is 0. The van der Waals surface area contributed by atoms with Crippen molar-refractivity contribution in [3.63, 3.8) is 0 Å². The first kappa shape index (κ1) is 12.9. The van der Waals surface area contributed by atoms with Gasteiger partial charge in [0, 0.05) is 12.5 Å². The van der Waals surface area contributed by atoms with Gasteiger partial charge in [-0.05, 0) is 49.3 Å². The molecule has 0 bridgehead atoms. The number of aromatic hydroxyl groups is 1. The van der Waals surface area contributed by atoms with Gasteiger partial charge in [-0.2, -0.15) is 0 Å². The van der Waals surface area contributed by atoms with Gasteiger partial charge in [-0.25, -0.2) is 0 Å². The lowest BCUT2D eigenvalue weighted by atomic mass is 9.82. The number of hydrogen-bond acceptors (Lipinski definition) is 2. The molecule has 1 aromatic carbocycles. The van der Waals surface area contributed by atoms with Gasteiger partial charge in [-0.1, -0.05) is 19.1 Å². The second-order valence-corrected chi connectivity index (χ2v) is 5.34. The predicted octanol–water partition coefficient (Wildman–Crippen LogP) is 2.83. The van der Waals surface area contributed by atoms with Gasteiger partial charge in [-0.3, -0.25) is 4.79 Å². The zero-order chi connectivity index (χ0) is 13.0. The number of rotatable bonds is 3. The number of phenols is 1. The van der Waals surface area contributed by atoms with Crippen molar-refractivity contribution in [2.75, 3.05) is 0 Å². The first-order chi connectivity index (χ1) is 8.65. The molecule has 1 fully saturated rings. The van der Waals surface area contributed by atoms with Gasteiger partial charge in [0.2, 0.25) is 5.91 Å². The van der Waals surface area contributed by atoms with E-state index < -0.39 is 0 Å². The topological polar surface area (TPSA) is 49.3 Å². The maximum Gasteiger partial charge on any atom is 0.223 e. The van der Waals surface area contributed by atoms with Crippen LogP contribution in [0.3, 0.4) is 0 Å². The van der Waals surface area contributed by atoms with Gasteiger partial charge < -0.3 is 10.4 Å².